The van der Waals surface area contributed by atoms with E-state index in [4.69, 9.17) is 5.73 Å². The van der Waals surface area contributed by atoms with Crippen LogP contribution in [0.25, 0.3) is 10.9 Å². The molecule has 20 heavy (non-hydrogen) atoms. The predicted molar refractivity (Wildman–Crippen MR) is 88.2 cm³/mol. The predicted octanol–water partition coefficient (Wildman–Crippen LogP) is 4.22. The zero-order valence-corrected chi connectivity index (χ0v) is 12.6. The van der Waals surface area contributed by atoms with Crippen molar-refractivity contribution >= 4 is 22.3 Å². The molecule has 2 rings (SSSR count). The molecule has 0 radical (unpaired) electrons. The normalized spacial score (nSPS) is 10.9. The molecule has 3 heteroatoms. The van der Waals surface area contributed by atoms with Crippen LogP contribution in [0.15, 0.2) is 30.5 Å². The molecule has 0 fully saturated rings. The van der Waals surface area contributed by atoms with Gasteiger partial charge in [0.25, 0.3) is 0 Å². The quantitative estimate of drug-likeness (QED) is 0.766. The second-order valence-corrected chi connectivity index (χ2v) is 5.27. The number of hydrogen-bond donors (Lipinski definition) is 1. The second kappa shape index (κ2) is 7.13. The first-order valence-electron chi connectivity index (χ1n) is 7.66. The minimum absolute atomic E-state index is 0.808. The summed E-state index contributed by atoms with van der Waals surface area (Å²) in [5.74, 6) is 0. The van der Waals surface area contributed by atoms with Gasteiger partial charge in [0.1, 0.15) is 0 Å². The van der Waals surface area contributed by atoms with Gasteiger partial charge in [0.15, 0.2) is 0 Å². The molecule has 0 aliphatic rings. The summed E-state index contributed by atoms with van der Waals surface area (Å²) in [6.07, 6.45) is 6.69. The fraction of sp³-hybridized carbons (Fsp3) is 0.471. The molecule has 0 atom stereocenters. The number of anilines is 2. The van der Waals surface area contributed by atoms with Gasteiger partial charge in [0.05, 0.1) is 11.2 Å². The number of hydrogen-bond acceptors (Lipinski definition) is 3. The SMILES string of the molecule is CCCCN(CCCC)c1ccc(N)c2cccnc12. The molecule has 3 nitrogen and oxygen atoms in total. The first-order chi connectivity index (χ1) is 9.77. The lowest BCUT2D eigenvalue weighted by atomic mass is 10.1. The van der Waals surface area contributed by atoms with E-state index in [0.717, 1.165) is 29.7 Å². The molecular weight excluding hydrogens is 246 g/mol. The third kappa shape index (κ3) is 3.21. The van der Waals surface area contributed by atoms with E-state index < -0.39 is 0 Å². The van der Waals surface area contributed by atoms with Crippen molar-refractivity contribution in [1.82, 2.24) is 4.98 Å². The van der Waals surface area contributed by atoms with Gasteiger partial charge in [-0.2, -0.15) is 0 Å². The smallest absolute Gasteiger partial charge is 0.0955 e. The highest BCUT2D eigenvalue weighted by Crippen LogP contribution is 2.29. The van der Waals surface area contributed by atoms with Gasteiger partial charge in [-0.15, -0.1) is 0 Å². The first-order valence-corrected chi connectivity index (χ1v) is 7.66. The summed E-state index contributed by atoms with van der Waals surface area (Å²) in [6.45, 7) is 6.65. The van der Waals surface area contributed by atoms with E-state index in [9.17, 15) is 0 Å². The molecule has 2 N–H and O–H groups in total. The topological polar surface area (TPSA) is 42.1 Å². The van der Waals surface area contributed by atoms with Gasteiger partial charge in [-0.25, -0.2) is 0 Å². The Labute approximate surface area is 121 Å². The summed E-state index contributed by atoms with van der Waals surface area (Å²) in [5, 5.41) is 1.06. The fourth-order valence-electron chi connectivity index (χ4n) is 2.49. The maximum Gasteiger partial charge on any atom is 0.0955 e. The van der Waals surface area contributed by atoms with Crippen molar-refractivity contribution in [3.63, 3.8) is 0 Å². The zero-order valence-electron chi connectivity index (χ0n) is 12.6. The minimum atomic E-state index is 0.808. The summed E-state index contributed by atoms with van der Waals surface area (Å²) in [4.78, 5) is 7.02. The second-order valence-electron chi connectivity index (χ2n) is 5.27. The van der Waals surface area contributed by atoms with Crippen LogP contribution < -0.4 is 10.6 Å². The van der Waals surface area contributed by atoms with Crippen molar-refractivity contribution in [1.29, 1.82) is 0 Å². The van der Waals surface area contributed by atoms with Crippen LogP contribution in [0.1, 0.15) is 39.5 Å². The number of nitrogens with two attached hydrogens (primary N) is 1. The Morgan fingerprint density at radius 1 is 1.05 bits per heavy atom. The van der Waals surface area contributed by atoms with E-state index in [2.05, 4.69) is 35.9 Å². The molecule has 0 aliphatic carbocycles. The highest BCUT2D eigenvalue weighted by Gasteiger charge is 2.11. The van der Waals surface area contributed by atoms with Crippen LogP contribution in [0, 0.1) is 0 Å². The van der Waals surface area contributed by atoms with E-state index in [-0.39, 0.29) is 0 Å². The number of rotatable bonds is 7. The molecule has 0 saturated carbocycles. The molecule has 0 unspecified atom stereocenters. The van der Waals surface area contributed by atoms with Crippen LogP contribution >= 0.6 is 0 Å². The monoisotopic (exact) mass is 271 g/mol. The van der Waals surface area contributed by atoms with Gasteiger partial charge >= 0.3 is 0 Å². The maximum atomic E-state index is 6.07. The van der Waals surface area contributed by atoms with Crippen LogP contribution in [0.5, 0.6) is 0 Å². The van der Waals surface area contributed by atoms with Crippen LogP contribution in [0.2, 0.25) is 0 Å². The largest absolute Gasteiger partial charge is 0.398 e. The maximum absolute atomic E-state index is 6.07. The molecular formula is C17H25N3. The summed E-state index contributed by atoms with van der Waals surface area (Å²) >= 11 is 0. The third-order valence-corrected chi connectivity index (χ3v) is 3.69. The van der Waals surface area contributed by atoms with Crippen LogP contribution in [0.3, 0.4) is 0 Å². The summed E-state index contributed by atoms with van der Waals surface area (Å²) < 4.78 is 0. The average molecular weight is 271 g/mol. The molecule has 108 valence electrons. The number of nitrogens with zero attached hydrogens (tertiary/aromatic N) is 2. The van der Waals surface area contributed by atoms with Gasteiger partial charge in [0.2, 0.25) is 0 Å². The molecule has 0 saturated heterocycles. The Balaban J connectivity index is 2.38. The number of fused-ring (bicyclic) bond motifs is 1. The minimum Gasteiger partial charge on any atom is -0.398 e. The van der Waals surface area contributed by atoms with Crippen LogP contribution in [0.4, 0.5) is 11.4 Å². The van der Waals surface area contributed by atoms with Crippen molar-refractivity contribution in [2.45, 2.75) is 39.5 Å². The molecule has 0 amide bonds. The Hall–Kier alpha value is -1.77. The fourth-order valence-corrected chi connectivity index (χ4v) is 2.49. The zero-order chi connectivity index (χ0) is 14.4. The van der Waals surface area contributed by atoms with Gasteiger partial charge in [-0.3, -0.25) is 4.98 Å². The lowest BCUT2D eigenvalue weighted by Crippen LogP contribution is -2.26. The first kappa shape index (κ1) is 14.6. The molecule has 2 aromatic rings. The van der Waals surface area contributed by atoms with Crippen LogP contribution in [-0.2, 0) is 0 Å². The Bertz CT molecular complexity index is 543. The standard InChI is InChI=1S/C17H25N3/c1-3-5-12-20(13-6-4-2)16-10-9-15(18)14-8-7-11-19-17(14)16/h7-11H,3-6,12-13,18H2,1-2H3. The van der Waals surface area contributed by atoms with Crippen molar-refractivity contribution in [2.24, 2.45) is 0 Å². The molecule has 0 bridgehead atoms. The highest BCUT2D eigenvalue weighted by molar-refractivity contribution is 5.98. The lowest BCUT2D eigenvalue weighted by molar-refractivity contribution is 0.679. The molecule has 1 aromatic heterocycles. The average Bonchev–Trinajstić information content (AvgIpc) is 2.49. The van der Waals surface area contributed by atoms with Gasteiger partial charge in [-0.1, -0.05) is 26.7 Å². The van der Waals surface area contributed by atoms with E-state index in [1.165, 1.54) is 31.4 Å². The van der Waals surface area contributed by atoms with Crippen molar-refractivity contribution < 1.29 is 0 Å². The number of aromatic nitrogens is 1. The Morgan fingerprint density at radius 3 is 2.40 bits per heavy atom. The number of benzene rings is 1. The van der Waals surface area contributed by atoms with Crippen LogP contribution in [-0.4, -0.2) is 18.1 Å². The summed E-state index contributed by atoms with van der Waals surface area (Å²) in [5.41, 5.74) is 9.12. The van der Waals surface area contributed by atoms with Gasteiger partial charge in [-0.05, 0) is 37.1 Å². The summed E-state index contributed by atoms with van der Waals surface area (Å²) in [6, 6.07) is 8.13. The Morgan fingerprint density at radius 2 is 1.75 bits per heavy atom. The van der Waals surface area contributed by atoms with Gasteiger partial charge in [0, 0.05) is 30.4 Å². The Kier molecular flexibility index (Phi) is 5.22. The molecule has 0 spiro atoms. The highest BCUT2D eigenvalue weighted by atomic mass is 15.1. The molecule has 1 aromatic carbocycles. The number of nitrogen functional groups attached to an aromatic ring is 1. The molecule has 0 aliphatic heterocycles. The van der Waals surface area contributed by atoms with E-state index in [1.807, 2.05) is 18.3 Å². The lowest BCUT2D eigenvalue weighted by Gasteiger charge is -2.26. The summed E-state index contributed by atoms with van der Waals surface area (Å²) in [7, 11) is 0. The van der Waals surface area contributed by atoms with E-state index in [0.29, 0.717) is 0 Å². The third-order valence-electron chi connectivity index (χ3n) is 3.69. The van der Waals surface area contributed by atoms with Crippen molar-refractivity contribution in [2.75, 3.05) is 23.7 Å². The van der Waals surface area contributed by atoms with Crippen molar-refractivity contribution in [3.8, 4) is 0 Å². The molecule has 1 heterocycles. The van der Waals surface area contributed by atoms with E-state index in [1.54, 1.807) is 0 Å². The van der Waals surface area contributed by atoms with Gasteiger partial charge < -0.3 is 10.6 Å². The number of pyridine rings is 1. The van der Waals surface area contributed by atoms with Crippen molar-refractivity contribution in [3.05, 3.63) is 30.5 Å². The van der Waals surface area contributed by atoms with E-state index >= 15 is 0 Å². The number of unbranched alkanes of at least 4 members (excludes halogenated alkanes) is 2.